The van der Waals surface area contributed by atoms with Crippen molar-refractivity contribution in [2.45, 2.75) is 74.3 Å². The summed E-state index contributed by atoms with van der Waals surface area (Å²) in [6.07, 6.45) is 0. The summed E-state index contributed by atoms with van der Waals surface area (Å²) in [5.41, 5.74) is 3.95. The van der Waals surface area contributed by atoms with Crippen LogP contribution in [-0.4, -0.2) is 15.7 Å². The van der Waals surface area contributed by atoms with E-state index in [1.54, 1.807) is 25.5 Å². The maximum Gasteiger partial charge on any atom is 0.315 e. The van der Waals surface area contributed by atoms with Gasteiger partial charge in [-0.3, -0.25) is 9.48 Å². The lowest BCUT2D eigenvalue weighted by Gasteiger charge is -2.21. The number of benzene rings is 1. The Balaban J connectivity index is 2.77. The Kier molecular flexibility index (Phi) is 6.61. The molecule has 0 saturated carbocycles. The molecule has 5 heteroatoms. The maximum atomic E-state index is 12.8. The summed E-state index contributed by atoms with van der Waals surface area (Å²) in [7, 11) is 0. The fourth-order valence-electron chi connectivity index (χ4n) is 3.02. The number of carbonyl (C=O) groups is 1. The topological polar surface area (TPSA) is 48.5 Å². The maximum absolute atomic E-state index is 12.8. The molecule has 0 aliphatic rings. The molecule has 30 heavy (non-hydrogen) atoms. The molecule has 0 spiro atoms. The molecule has 0 bridgehead atoms. The van der Waals surface area contributed by atoms with Gasteiger partial charge >= 0.3 is 5.97 Å². The van der Waals surface area contributed by atoms with Crippen LogP contribution in [0.5, 0.6) is 0 Å². The number of ether oxygens (including phenoxy) is 1. The van der Waals surface area contributed by atoms with Gasteiger partial charge < -0.3 is 4.74 Å². The van der Waals surface area contributed by atoms with Crippen molar-refractivity contribution >= 4 is 17.4 Å². The molecule has 0 amide bonds. The van der Waals surface area contributed by atoms with E-state index in [0.29, 0.717) is 17.9 Å². The molecule has 0 aliphatic carbocycles. The van der Waals surface area contributed by atoms with Gasteiger partial charge in [0.1, 0.15) is 0 Å². The van der Waals surface area contributed by atoms with Gasteiger partial charge in [-0.1, -0.05) is 45.0 Å². The van der Waals surface area contributed by atoms with Crippen LogP contribution in [0, 0.1) is 25.8 Å². The molecule has 0 unspecified atom stereocenters. The van der Waals surface area contributed by atoms with Crippen molar-refractivity contribution in [3.8, 4) is 0 Å². The third kappa shape index (κ3) is 4.81. The lowest BCUT2D eigenvalue weighted by atomic mass is 9.86. The second-order valence-electron chi connectivity index (χ2n) is 9.63. The van der Waals surface area contributed by atoms with Crippen LogP contribution in [0.1, 0.15) is 76.5 Å². The van der Waals surface area contributed by atoms with Crippen LogP contribution in [0.4, 0.5) is 0 Å². The summed E-state index contributed by atoms with van der Waals surface area (Å²) < 4.78 is 7.71. The van der Waals surface area contributed by atoms with Crippen LogP contribution >= 0.6 is 0 Å². The summed E-state index contributed by atoms with van der Waals surface area (Å²) in [4.78, 5) is 16.6. The van der Waals surface area contributed by atoms with Crippen molar-refractivity contribution in [2.24, 2.45) is 5.41 Å². The van der Waals surface area contributed by atoms with E-state index in [1.807, 2.05) is 45.0 Å². The Labute approximate surface area is 180 Å². The van der Waals surface area contributed by atoms with Crippen LogP contribution in [0.25, 0.3) is 16.3 Å². The molecule has 0 N–H and O–H groups in total. The largest absolute Gasteiger partial charge is 0.436 e. The number of hydrogen-bond acceptors (Lipinski definition) is 3. The zero-order chi connectivity index (χ0) is 22.9. The first kappa shape index (κ1) is 23.4. The van der Waals surface area contributed by atoms with Crippen molar-refractivity contribution in [3.63, 3.8) is 0 Å². The highest BCUT2D eigenvalue weighted by atomic mass is 16.5. The van der Waals surface area contributed by atoms with Gasteiger partial charge in [0.15, 0.2) is 5.76 Å². The Morgan fingerprint density at radius 3 is 2.10 bits per heavy atom. The Bertz CT molecular complexity index is 1000. The van der Waals surface area contributed by atoms with Crippen LogP contribution in [0.15, 0.2) is 24.3 Å². The highest BCUT2D eigenvalue weighted by molar-refractivity contribution is 5.95. The minimum absolute atomic E-state index is 0.0105. The number of nitrogens with zero attached hydrogens (tertiary/aromatic N) is 3. The van der Waals surface area contributed by atoms with Crippen LogP contribution in [-0.2, 0) is 21.5 Å². The Morgan fingerprint density at radius 1 is 1.10 bits per heavy atom. The van der Waals surface area contributed by atoms with E-state index in [1.165, 1.54) is 5.56 Å². The second-order valence-corrected chi connectivity index (χ2v) is 9.63. The molecule has 0 fully saturated rings. The molecular weight excluding hydrogens is 374 g/mol. The Hall–Kier alpha value is -2.87. The van der Waals surface area contributed by atoms with Crippen molar-refractivity contribution in [1.82, 2.24) is 9.78 Å². The normalized spacial score (nSPS) is 12.9. The van der Waals surface area contributed by atoms with Gasteiger partial charge in [0, 0.05) is 6.54 Å². The molecule has 0 atom stereocenters. The molecule has 160 valence electrons. The van der Waals surface area contributed by atoms with Crippen LogP contribution < -0.4 is 0 Å². The third-order valence-corrected chi connectivity index (χ3v) is 5.10. The SMILES string of the molecule is [C-]#[N+]C(=C(OC(=O)C(C)(C)C)c1c(C)c(C)nn1CC)c1ccc(C(C)(C)C)cc1. The van der Waals surface area contributed by atoms with Gasteiger partial charge in [0.25, 0.3) is 0 Å². The highest BCUT2D eigenvalue weighted by Gasteiger charge is 2.29. The molecular formula is C25H33N3O2. The van der Waals surface area contributed by atoms with Crippen molar-refractivity contribution in [3.05, 3.63) is 63.8 Å². The van der Waals surface area contributed by atoms with Gasteiger partial charge in [-0.05, 0) is 63.6 Å². The van der Waals surface area contributed by atoms with Gasteiger partial charge in [0.2, 0.25) is 5.70 Å². The number of aryl methyl sites for hydroxylation is 2. The zero-order valence-electron chi connectivity index (χ0n) is 19.7. The van der Waals surface area contributed by atoms with E-state index < -0.39 is 5.41 Å². The average Bonchev–Trinajstić information content (AvgIpc) is 2.94. The molecule has 2 aromatic rings. The highest BCUT2D eigenvalue weighted by Crippen LogP contribution is 2.34. The zero-order valence-corrected chi connectivity index (χ0v) is 19.7. The molecule has 1 aromatic heterocycles. The van der Waals surface area contributed by atoms with Crippen LogP contribution in [0.2, 0.25) is 0 Å². The van der Waals surface area contributed by atoms with E-state index in [2.05, 4.69) is 30.7 Å². The third-order valence-electron chi connectivity index (χ3n) is 5.10. The van der Waals surface area contributed by atoms with Gasteiger partial charge in [-0.25, -0.2) is 4.85 Å². The predicted octanol–water partition coefficient (Wildman–Crippen LogP) is 6.15. The molecule has 0 aliphatic heterocycles. The molecule has 1 aromatic carbocycles. The van der Waals surface area contributed by atoms with E-state index in [9.17, 15) is 4.79 Å². The fourth-order valence-corrected chi connectivity index (χ4v) is 3.02. The minimum Gasteiger partial charge on any atom is -0.436 e. The van der Waals surface area contributed by atoms with Crippen LogP contribution in [0.3, 0.4) is 0 Å². The van der Waals surface area contributed by atoms with Gasteiger partial charge in [-0.2, -0.15) is 5.10 Å². The van der Waals surface area contributed by atoms with E-state index in [4.69, 9.17) is 11.3 Å². The smallest absolute Gasteiger partial charge is 0.315 e. The average molecular weight is 408 g/mol. The molecule has 2 rings (SSSR count). The van der Waals surface area contributed by atoms with Gasteiger partial charge in [0.05, 0.1) is 23.4 Å². The van der Waals surface area contributed by atoms with E-state index in [-0.39, 0.29) is 17.1 Å². The summed E-state index contributed by atoms with van der Waals surface area (Å²) in [6.45, 7) is 26.2. The fraction of sp³-hybridized carbons (Fsp3) is 0.480. The summed E-state index contributed by atoms with van der Waals surface area (Å²) in [5, 5.41) is 4.56. The molecule has 1 heterocycles. The van der Waals surface area contributed by atoms with E-state index >= 15 is 0 Å². The molecule has 0 radical (unpaired) electrons. The first-order valence-electron chi connectivity index (χ1n) is 10.3. The first-order valence-corrected chi connectivity index (χ1v) is 10.3. The standard InChI is InChI=1S/C25H33N3O2/c1-11-28-21(16(2)17(3)27-28)22(30-23(29)25(7,8)9)20(26-10)18-12-14-19(15-13-18)24(4,5)6/h12-15H,11H2,1-9H3. The van der Waals surface area contributed by atoms with Crippen molar-refractivity contribution in [1.29, 1.82) is 0 Å². The number of hydrogen-bond donors (Lipinski definition) is 0. The van der Waals surface area contributed by atoms with Crippen molar-refractivity contribution in [2.75, 3.05) is 0 Å². The second kappa shape index (κ2) is 8.47. The first-order chi connectivity index (χ1) is 13.8. The quantitative estimate of drug-likeness (QED) is 0.347. The lowest BCUT2D eigenvalue weighted by Crippen LogP contribution is -2.23. The summed E-state index contributed by atoms with van der Waals surface area (Å²) in [6, 6.07) is 7.90. The monoisotopic (exact) mass is 407 g/mol. The lowest BCUT2D eigenvalue weighted by molar-refractivity contribution is -0.145. The minimum atomic E-state index is -0.700. The molecule has 0 saturated heterocycles. The summed E-state index contributed by atoms with van der Waals surface area (Å²) in [5.74, 6) is -0.112. The summed E-state index contributed by atoms with van der Waals surface area (Å²) >= 11 is 0. The van der Waals surface area contributed by atoms with Crippen molar-refractivity contribution < 1.29 is 9.53 Å². The number of aromatic nitrogens is 2. The number of carbonyl (C=O) groups excluding carboxylic acids is 1. The number of esters is 1. The molecule has 5 nitrogen and oxygen atoms in total. The number of rotatable bonds is 4. The van der Waals surface area contributed by atoms with Gasteiger partial charge in [-0.15, -0.1) is 0 Å². The Morgan fingerprint density at radius 2 is 1.67 bits per heavy atom. The van der Waals surface area contributed by atoms with E-state index in [0.717, 1.165) is 16.8 Å². The predicted molar refractivity (Wildman–Crippen MR) is 121 cm³/mol.